The van der Waals surface area contributed by atoms with Crippen molar-refractivity contribution >= 4 is 40.2 Å². The molecule has 0 atom stereocenters. The minimum Gasteiger partial charge on any atom is -0.332 e. The van der Waals surface area contributed by atoms with Gasteiger partial charge in [-0.05, 0) is 48.6 Å². The lowest BCUT2D eigenvalue weighted by molar-refractivity contribution is 0.0737. The Kier molecular flexibility index (Phi) is 5.60. The van der Waals surface area contributed by atoms with Crippen molar-refractivity contribution in [1.82, 2.24) is 9.80 Å². The second kappa shape index (κ2) is 7.22. The fraction of sp³-hybridized carbons (Fsp3) is 0.357. The van der Waals surface area contributed by atoms with Crippen LogP contribution in [0.15, 0.2) is 29.0 Å². The van der Waals surface area contributed by atoms with Gasteiger partial charge in [-0.25, -0.2) is 0 Å². The second-order valence-electron chi connectivity index (χ2n) is 4.77. The predicted octanol–water partition coefficient (Wildman–Crippen LogP) is 3.67. The maximum Gasteiger partial charge on any atom is 0.264 e. The third-order valence-corrected chi connectivity index (χ3v) is 4.79. The highest BCUT2D eigenvalue weighted by Gasteiger charge is 2.18. The molecule has 108 valence electrons. The molecule has 0 saturated heterocycles. The van der Waals surface area contributed by atoms with E-state index in [1.807, 2.05) is 24.4 Å². The molecule has 0 aliphatic rings. The number of amides is 1. The Labute approximate surface area is 132 Å². The number of carbonyl (C=O) groups excluding carboxylic acids is 1. The molecule has 0 spiro atoms. The standard InChI is InChI=1S/C14H17ClN2OS2/c1-16(2)6-7-17(9-11-5-8-19-10-11)14(18)12-3-4-13(15)20-12/h3-5,8,10H,6-7,9H2,1-2H3. The van der Waals surface area contributed by atoms with E-state index in [1.165, 1.54) is 16.9 Å². The van der Waals surface area contributed by atoms with Crippen LogP contribution in [0.5, 0.6) is 0 Å². The third kappa shape index (κ3) is 4.31. The van der Waals surface area contributed by atoms with E-state index in [9.17, 15) is 4.79 Å². The number of halogens is 1. The molecule has 0 aromatic carbocycles. The SMILES string of the molecule is CN(C)CCN(Cc1ccsc1)C(=O)c1ccc(Cl)s1. The van der Waals surface area contributed by atoms with Crippen molar-refractivity contribution in [3.8, 4) is 0 Å². The molecule has 0 bridgehead atoms. The monoisotopic (exact) mass is 328 g/mol. The van der Waals surface area contributed by atoms with Crippen molar-refractivity contribution < 1.29 is 4.79 Å². The number of carbonyl (C=O) groups is 1. The normalized spacial score (nSPS) is 11.0. The summed E-state index contributed by atoms with van der Waals surface area (Å²) in [7, 11) is 4.02. The Bertz CT molecular complexity index is 551. The highest BCUT2D eigenvalue weighted by Crippen LogP contribution is 2.23. The highest BCUT2D eigenvalue weighted by molar-refractivity contribution is 7.18. The van der Waals surface area contributed by atoms with Crippen LogP contribution < -0.4 is 0 Å². The average Bonchev–Trinajstić information content (AvgIpc) is 3.04. The molecule has 2 rings (SSSR count). The molecular weight excluding hydrogens is 312 g/mol. The van der Waals surface area contributed by atoms with Crippen LogP contribution >= 0.6 is 34.3 Å². The van der Waals surface area contributed by atoms with E-state index in [4.69, 9.17) is 11.6 Å². The zero-order valence-corrected chi connectivity index (χ0v) is 13.9. The average molecular weight is 329 g/mol. The maximum atomic E-state index is 12.6. The van der Waals surface area contributed by atoms with Gasteiger partial charge >= 0.3 is 0 Å². The summed E-state index contributed by atoms with van der Waals surface area (Å²) in [5.74, 6) is 0.0509. The number of likely N-dealkylation sites (N-methyl/N-ethyl adjacent to an activating group) is 1. The van der Waals surface area contributed by atoms with Gasteiger partial charge in [-0.15, -0.1) is 11.3 Å². The van der Waals surface area contributed by atoms with Crippen LogP contribution in [0.25, 0.3) is 0 Å². The number of rotatable bonds is 6. The molecule has 1 amide bonds. The van der Waals surface area contributed by atoms with Crippen molar-refractivity contribution in [2.45, 2.75) is 6.54 Å². The maximum absolute atomic E-state index is 12.6. The fourth-order valence-corrected chi connectivity index (χ4v) is 3.43. The lowest BCUT2D eigenvalue weighted by atomic mass is 10.3. The first-order valence-electron chi connectivity index (χ1n) is 6.26. The summed E-state index contributed by atoms with van der Waals surface area (Å²) in [5.41, 5.74) is 1.17. The van der Waals surface area contributed by atoms with Gasteiger partial charge in [0.25, 0.3) is 5.91 Å². The van der Waals surface area contributed by atoms with Gasteiger partial charge in [-0.1, -0.05) is 11.6 Å². The van der Waals surface area contributed by atoms with Gasteiger partial charge in [0.15, 0.2) is 0 Å². The predicted molar refractivity (Wildman–Crippen MR) is 86.9 cm³/mol. The van der Waals surface area contributed by atoms with E-state index in [-0.39, 0.29) is 5.91 Å². The molecule has 2 heterocycles. The first-order valence-corrected chi connectivity index (χ1v) is 8.40. The molecule has 0 saturated carbocycles. The Morgan fingerprint density at radius 3 is 2.60 bits per heavy atom. The molecule has 0 aliphatic heterocycles. The number of hydrogen-bond acceptors (Lipinski definition) is 4. The summed E-state index contributed by atoms with van der Waals surface area (Å²) in [4.78, 5) is 17.2. The molecule has 3 nitrogen and oxygen atoms in total. The Morgan fingerprint density at radius 2 is 2.05 bits per heavy atom. The summed E-state index contributed by atoms with van der Waals surface area (Å²) < 4.78 is 0.649. The van der Waals surface area contributed by atoms with Crippen molar-refractivity contribution in [3.63, 3.8) is 0 Å². The van der Waals surface area contributed by atoms with E-state index in [2.05, 4.69) is 16.3 Å². The zero-order valence-electron chi connectivity index (χ0n) is 11.5. The van der Waals surface area contributed by atoms with E-state index in [1.54, 1.807) is 23.5 Å². The molecular formula is C14H17ClN2OS2. The highest BCUT2D eigenvalue weighted by atomic mass is 35.5. The quantitative estimate of drug-likeness (QED) is 0.807. The van der Waals surface area contributed by atoms with E-state index >= 15 is 0 Å². The van der Waals surface area contributed by atoms with Crippen LogP contribution in [0.2, 0.25) is 4.34 Å². The molecule has 20 heavy (non-hydrogen) atoms. The van der Waals surface area contributed by atoms with Crippen LogP contribution in [-0.4, -0.2) is 42.9 Å². The Balaban J connectivity index is 2.10. The second-order valence-corrected chi connectivity index (χ2v) is 7.26. The van der Waals surface area contributed by atoms with Gasteiger partial charge in [-0.2, -0.15) is 11.3 Å². The summed E-state index contributed by atoms with van der Waals surface area (Å²) in [6.07, 6.45) is 0. The molecule has 0 fully saturated rings. The smallest absolute Gasteiger partial charge is 0.264 e. The molecule has 0 unspecified atom stereocenters. The largest absolute Gasteiger partial charge is 0.332 e. The van der Waals surface area contributed by atoms with E-state index < -0.39 is 0 Å². The van der Waals surface area contributed by atoms with Crippen molar-refractivity contribution in [2.24, 2.45) is 0 Å². The van der Waals surface area contributed by atoms with E-state index in [0.29, 0.717) is 22.3 Å². The zero-order chi connectivity index (χ0) is 14.5. The first kappa shape index (κ1) is 15.5. The first-order chi connectivity index (χ1) is 9.56. The fourth-order valence-electron chi connectivity index (χ4n) is 1.76. The van der Waals surface area contributed by atoms with Gasteiger partial charge in [-0.3, -0.25) is 4.79 Å². The number of nitrogens with zero attached hydrogens (tertiary/aromatic N) is 2. The lowest BCUT2D eigenvalue weighted by Crippen LogP contribution is -2.35. The molecule has 2 aromatic heterocycles. The number of thiophene rings is 2. The van der Waals surface area contributed by atoms with Crippen LogP contribution in [0.4, 0.5) is 0 Å². The minimum atomic E-state index is 0.0509. The van der Waals surface area contributed by atoms with Gasteiger partial charge in [0, 0.05) is 19.6 Å². The van der Waals surface area contributed by atoms with Crippen LogP contribution in [0.1, 0.15) is 15.2 Å². The molecule has 0 radical (unpaired) electrons. The van der Waals surface area contributed by atoms with Gasteiger partial charge in [0.05, 0.1) is 9.21 Å². The van der Waals surface area contributed by atoms with Crippen molar-refractivity contribution in [3.05, 3.63) is 43.7 Å². The van der Waals surface area contributed by atoms with Gasteiger partial charge < -0.3 is 9.80 Å². The molecule has 0 N–H and O–H groups in total. The third-order valence-electron chi connectivity index (χ3n) is 2.84. The van der Waals surface area contributed by atoms with Crippen molar-refractivity contribution in [2.75, 3.05) is 27.2 Å². The van der Waals surface area contributed by atoms with Crippen LogP contribution in [0.3, 0.4) is 0 Å². The summed E-state index contributed by atoms with van der Waals surface area (Å²) in [6.45, 7) is 2.19. The lowest BCUT2D eigenvalue weighted by Gasteiger charge is -2.23. The molecule has 0 aliphatic carbocycles. The number of hydrogen-bond donors (Lipinski definition) is 0. The van der Waals surface area contributed by atoms with Crippen LogP contribution in [0, 0.1) is 0 Å². The summed E-state index contributed by atoms with van der Waals surface area (Å²) in [6, 6.07) is 5.63. The Morgan fingerprint density at radius 1 is 1.25 bits per heavy atom. The van der Waals surface area contributed by atoms with E-state index in [0.717, 1.165) is 6.54 Å². The van der Waals surface area contributed by atoms with Crippen LogP contribution in [-0.2, 0) is 6.54 Å². The topological polar surface area (TPSA) is 23.6 Å². The molecule has 2 aromatic rings. The Hall–Kier alpha value is -0.880. The minimum absolute atomic E-state index is 0.0509. The van der Waals surface area contributed by atoms with Gasteiger partial charge in [0.1, 0.15) is 0 Å². The molecule has 6 heteroatoms. The summed E-state index contributed by atoms with van der Waals surface area (Å²) in [5, 5.41) is 4.11. The van der Waals surface area contributed by atoms with Crippen molar-refractivity contribution in [1.29, 1.82) is 0 Å². The summed E-state index contributed by atoms with van der Waals surface area (Å²) >= 11 is 8.91. The van der Waals surface area contributed by atoms with Gasteiger partial charge in [0.2, 0.25) is 0 Å².